The Hall–Kier alpha value is -6.08. The number of para-hydroxylation sites is 6. The van der Waals surface area contributed by atoms with Crippen LogP contribution in [0.5, 0.6) is 0 Å². The van der Waals surface area contributed by atoms with Crippen molar-refractivity contribution in [3.05, 3.63) is 170 Å². The van der Waals surface area contributed by atoms with Crippen molar-refractivity contribution in [2.75, 3.05) is 9.80 Å². The number of hydrogen-bond donors (Lipinski definition) is 0. The van der Waals surface area contributed by atoms with Gasteiger partial charge in [0.1, 0.15) is 0 Å². The first-order valence-corrected chi connectivity index (χ1v) is 20.1. The van der Waals surface area contributed by atoms with Crippen LogP contribution in [0.1, 0.15) is 0 Å². The molecule has 0 aliphatic carbocycles. The first-order valence-electron chi connectivity index (χ1n) is 18.5. The predicted molar refractivity (Wildman–Crippen MR) is 228 cm³/mol. The molecule has 54 heavy (non-hydrogen) atoms. The molecule has 0 bridgehead atoms. The number of aromatic nitrogens is 1. The molecule has 3 nitrogen and oxygen atoms in total. The summed E-state index contributed by atoms with van der Waals surface area (Å²) in [6.07, 6.45) is 0. The van der Waals surface area contributed by atoms with Gasteiger partial charge in [0.15, 0.2) is 0 Å². The molecule has 4 aliphatic rings. The number of nitrogens with zero attached hydrogens (tertiary/aromatic N) is 3. The third kappa shape index (κ3) is 3.81. The fourth-order valence-electron chi connectivity index (χ4n) is 9.56. The van der Waals surface area contributed by atoms with E-state index in [0.717, 1.165) is 5.69 Å². The third-order valence-corrected chi connectivity index (χ3v) is 14.0. The summed E-state index contributed by atoms with van der Waals surface area (Å²) in [5.41, 5.74) is 17.8. The van der Waals surface area contributed by atoms with Crippen LogP contribution < -0.4 is 26.2 Å². The van der Waals surface area contributed by atoms with Gasteiger partial charge < -0.3 is 14.4 Å². The molecule has 1 aromatic heterocycles. The zero-order valence-electron chi connectivity index (χ0n) is 28.9. The van der Waals surface area contributed by atoms with Gasteiger partial charge in [-0.25, -0.2) is 0 Å². The largest absolute Gasteiger partial charge is 0.309 e. The zero-order valence-corrected chi connectivity index (χ0v) is 30.5. The maximum absolute atomic E-state index is 2.57. The van der Waals surface area contributed by atoms with Gasteiger partial charge in [-0.05, 0) is 100 Å². The molecule has 0 amide bonds. The zero-order chi connectivity index (χ0) is 35.1. The van der Waals surface area contributed by atoms with E-state index in [4.69, 9.17) is 0 Å². The highest BCUT2D eigenvalue weighted by molar-refractivity contribution is 8.00. The van der Waals surface area contributed by atoms with Gasteiger partial charge in [-0.15, -0.1) is 0 Å². The lowest BCUT2D eigenvalue weighted by molar-refractivity contribution is 1.15. The van der Waals surface area contributed by atoms with Gasteiger partial charge in [0.2, 0.25) is 0 Å². The number of rotatable bonds is 2. The Bertz CT molecular complexity index is 2910. The molecule has 0 N–H and O–H groups in total. The highest BCUT2D eigenvalue weighted by Crippen LogP contribution is 2.57. The molecule has 0 radical (unpaired) electrons. The van der Waals surface area contributed by atoms with Crippen LogP contribution in [0.3, 0.4) is 0 Å². The smallest absolute Gasteiger partial charge is 0.252 e. The Morgan fingerprint density at radius 3 is 1.43 bits per heavy atom. The summed E-state index contributed by atoms with van der Waals surface area (Å²) in [7, 11) is 0. The number of benzene rings is 8. The van der Waals surface area contributed by atoms with Gasteiger partial charge in [0, 0.05) is 47.4 Å². The molecule has 4 aliphatic heterocycles. The summed E-state index contributed by atoms with van der Waals surface area (Å²) in [4.78, 5) is 10.3. The van der Waals surface area contributed by atoms with E-state index in [-0.39, 0.29) is 6.71 Å². The lowest BCUT2D eigenvalue weighted by Gasteiger charge is -2.47. The van der Waals surface area contributed by atoms with Gasteiger partial charge in [-0.3, -0.25) is 0 Å². The maximum atomic E-state index is 2.57. The minimum absolute atomic E-state index is 0.121. The molecule has 0 atom stereocenters. The van der Waals surface area contributed by atoms with Crippen molar-refractivity contribution in [2.45, 2.75) is 19.6 Å². The topological polar surface area (TPSA) is 11.4 Å². The summed E-state index contributed by atoms with van der Waals surface area (Å²) in [5.74, 6) is 0. The van der Waals surface area contributed by atoms with Crippen molar-refractivity contribution in [1.29, 1.82) is 0 Å². The Balaban J connectivity index is 1.08. The Labute approximate surface area is 321 Å². The van der Waals surface area contributed by atoms with Gasteiger partial charge in [-0.1, -0.05) is 121 Å². The van der Waals surface area contributed by atoms with E-state index in [2.05, 4.69) is 184 Å². The first kappa shape index (κ1) is 29.4. The van der Waals surface area contributed by atoms with Crippen molar-refractivity contribution in [3.63, 3.8) is 0 Å². The fourth-order valence-corrected chi connectivity index (χ4v) is 11.8. The second-order valence-electron chi connectivity index (χ2n) is 14.5. The van der Waals surface area contributed by atoms with E-state index in [9.17, 15) is 0 Å². The van der Waals surface area contributed by atoms with E-state index in [1.807, 2.05) is 23.5 Å². The molecule has 0 spiro atoms. The number of anilines is 6. The normalized spacial score (nSPS) is 14.0. The summed E-state index contributed by atoms with van der Waals surface area (Å²) in [6.45, 7) is 0.121. The van der Waals surface area contributed by atoms with Gasteiger partial charge in [0.25, 0.3) is 6.71 Å². The highest BCUT2D eigenvalue weighted by Gasteiger charge is 2.47. The minimum atomic E-state index is 0.121. The van der Waals surface area contributed by atoms with Crippen LogP contribution in [0.25, 0.3) is 38.6 Å². The standard InChI is InChI=1S/C48H28BN3S2/c1-3-15-36-32(11-1)33-12-2-4-16-37(33)50(36)31-25-23-29(24-26-31)30-27-40-46-41(28-30)52-39-18-6-8-20-43(39)54-45-22-10-14-35(48(45)52)49(46)34-13-9-21-44-47(34)51(40)38-17-5-7-19-42(38)53-44/h1-28H. The second-order valence-corrected chi connectivity index (χ2v) is 16.6. The molecule has 0 unspecified atom stereocenters. The summed E-state index contributed by atoms with van der Waals surface area (Å²) in [5, 5.41) is 2.56. The van der Waals surface area contributed by atoms with Gasteiger partial charge >= 0.3 is 0 Å². The quantitative estimate of drug-likeness (QED) is 0.165. The summed E-state index contributed by atoms with van der Waals surface area (Å²) in [6, 6.07) is 63.3. The molecule has 9 aromatic rings. The number of hydrogen-bond acceptors (Lipinski definition) is 4. The SMILES string of the molecule is c1ccc2c(c1)Sc1cccc3c1N2c1cc(-c2ccc(-n4c5ccccc5c5ccccc54)cc2)cc2c1B3c1cccc3c1N2c1ccccc1S3. The first-order chi connectivity index (χ1) is 26.8. The van der Waals surface area contributed by atoms with Gasteiger partial charge in [0.05, 0.1) is 33.8 Å². The average Bonchev–Trinajstić information content (AvgIpc) is 3.57. The molecule has 5 heterocycles. The van der Waals surface area contributed by atoms with E-state index < -0.39 is 0 Å². The van der Waals surface area contributed by atoms with Crippen LogP contribution in [0.4, 0.5) is 34.1 Å². The lowest BCUT2D eigenvalue weighted by Crippen LogP contribution is -2.62. The molecule has 0 saturated heterocycles. The average molecular weight is 722 g/mol. The maximum Gasteiger partial charge on any atom is 0.252 e. The minimum Gasteiger partial charge on any atom is -0.309 e. The van der Waals surface area contributed by atoms with Crippen LogP contribution in [-0.2, 0) is 0 Å². The molecule has 0 fully saturated rings. The van der Waals surface area contributed by atoms with E-state index in [1.54, 1.807) is 0 Å². The summed E-state index contributed by atoms with van der Waals surface area (Å²) < 4.78 is 2.40. The molecule has 0 saturated carbocycles. The van der Waals surface area contributed by atoms with Crippen molar-refractivity contribution in [3.8, 4) is 16.8 Å². The molecular formula is C48H28BN3S2. The van der Waals surface area contributed by atoms with Crippen LogP contribution >= 0.6 is 23.5 Å². The van der Waals surface area contributed by atoms with Gasteiger partial charge in [-0.2, -0.15) is 0 Å². The lowest BCUT2D eigenvalue weighted by atomic mass is 9.33. The molecule has 8 aromatic carbocycles. The van der Waals surface area contributed by atoms with Crippen molar-refractivity contribution in [2.24, 2.45) is 0 Å². The second kappa shape index (κ2) is 10.8. The molecule has 6 heteroatoms. The third-order valence-electron chi connectivity index (χ3n) is 11.7. The van der Waals surface area contributed by atoms with Crippen LogP contribution in [0.2, 0.25) is 0 Å². The summed E-state index contributed by atoms with van der Waals surface area (Å²) >= 11 is 3.79. The van der Waals surface area contributed by atoms with Crippen molar-refractivity contribution in [1.82, 2.24) is 4.57 Å². The van der Waals surface area contributed by atoms with Crippen LogP contribution in [-0.4, -0.2) is 11.3 Å². The van der Waals surface area contributed by atoms with E-state index in [0.29, 0.717) is 0 Å². The Kier molecular flexibility index (Phi) is 5.85. The van der Waals surface area contributed by atoms with Crippen molar-refractivity contribution < 1.29 is 0 Å². The Morgan fingerprint density at radius 2 is 0.870 bits per heavy atom. The molecule has 250 valence electrons. The van der Waals surface area contributed by atoms with Crippen molar-refractivity contribution >= 4 is 103 Å². The Morgan fingerprint density at radius 1 is 0.389 bits per heavy atom. The molecule has 13 rings (SSSR count). The number of fused-ring (bicyclic) bond motifs is 11. The van der Waals surface area contributed by atoms with Crippen LogP contribution in [0, 0.1) is 0 Å². The monoisotopic (exact) mass is 721 g/mol. The fraction of sp³-hybridized carbons (Fsp3) is 0. The van der Waals surface area contributed by atoms with E-state index >= 15 is 0 Å². The highest BCUT2D eigenvalue weighted by atomic mass is 32.2. The van der Waals surface area contributed by atoms with E-state index in [1.165, 1.54) is 103 Å². The molecular weight excluding hydrogens is 693 g/mol. The van der Waals surface area contributed by atoms with Crippen LogP contribution in [0.15, 0.2) is 189 Å². The predicted octanol–water partition coefficient (Wildman–Crippen LogP) is 11.5.